The monoisotopic (exact) mass is 266 g/mol. The van der Waals surface area contributed by atoms with Gasteiger partial charge in [0, 0.05) is 12.6 Å². The third-order valence-electron chi connectivity index (χ3n) is 3.97. The van der Waals surface area contributed by atoms with Crippen LogP contribution in [0.2, 0.25) is 0 Å². The van der Waals surface area contributed by atoms with Gasteiger partial charge >= 0.3 is 0 Å². The summed E-state index contributed by atoms with van der Waals surface area (Å²) in [6, 6.07) is 3.06. The van der Waals surface area contributed by atoms with Gasteiger partial charge < -0.3 is 10.2 Å². The fourth-order valence-corrected chi connectivity index (χ4v) is 3.45. The molecule has 1 saturated carbocycles. The predicted octanol–water partition coefficient (Wildman–Crippen LogP) is 3.49. The Balaban J connectivity index is 1.52. The van der Waals surface area contributed by atoms with Gasteiger partial charge in [0.1, 0.15) is 0 Å². The van der Waals surface area contributed by atoms with Gasteiger partial charge in [0.05, 0.1) is 0 Å². The Morgan fingerprint density at radius 1 is 1.33 bits per heavy atom. The molecule has 0 spiro atoms. The van der Waals surface area contributed by atoms with Crippen molar-refractivity contribution in [2.24, 2.45) is 0 Å². The molecule has 1 heterocycles. The molecule has 1 N–H and O–H groups in total. The molecule has 1 aliphatic carbocycles. The first-order chi connectivity index (χ1) is 8.86. The van der Waals surface area contributed by atoms with E-state index >= 15 is 0 Å². The van der Waals surface area contributed by atoms with Crippen LogP contribution in [0.5, 0.6) is 0 Å². The first-order valence-corrected chi connectivity index (χ1v) is 8.22. The lowest BCUT2D eigenvalue weighted by molar-refractivity contribution is 0.189. The quantitative estimate of drug-likeness (QED) is 0.760. The standard InChI is InChI=1S/C15H26N2S/c1-17(15-6-3-2-4-7-15)10-5-9-16-12-14-8-11-18-13-14/h8,11,13,15-16H,2-7,9-10,12H2,1H3. The van der Waals surface area contributed by atoms with Gasteiger partial charge in [-0.2, -0.15) is 11.3 Å². The van der Waals surface area contributed by atoms with E-state index in [1.165, 1.54) is 50.6 Å². The Kier molecular flexibility index (Phi) is 6.18. The maximum atomic E-state index is 3.53. The summed E-state index contributed by atoms with van der Waals surface area (Å²) in [7, 11) is 2.30. The Morgan fingerprint density at radius 3 is 2.89 bits per heavy atom. The van der Waals surface area contributed by atoms with Crippen LogP contribution in [-0.4, -0.2) is 31.1 Å². The Labute approximate surface area is 115 Å². The van der Waals surface area contributed by atoms with Gasteiger partial charge in [-0.05, 0) is 61.8 Å². The van der Waals surface area contributed by atoms with Crippen LogP contribution in [0.4, 0.5) is 0 Å². The first kappa shape index (κ1) is 14.0. The maximum Gasteiger partial charge on any atom is 0.0213 e. The summed E-state index contributed by atoms with van der Waals surface area (Å²) in [5.74, 6) is 0. The second-order valence-electron chi connectivity index (χ2n) is 5.43. The van der Waals surface area contributed by atoms with Crippen LogP contribution in [-0.2, 0) is 6.54 Å². The summed E-state index contributed by atoms with van der Waals surface area (Å²) in [5.41, 5.74) is 1.42. The zero-order valence-corrected chi connectivity index (χ0v) is 12.3. The van der Waals surface area contributed by atoms with Gasteiger partial charge in [-0.15, -0.1) is 0 Å². The fraction of sp³-hybridized carbons (Fsp3) is 0.733. The second-order valence-corrected chi connectivity index (χ2v) is 6.21. The van der Waals surface area contributed by atoms with E-state index in [1.807, 2.05) is 0 Å². The third kappa shape index (κ3) is 4.71. The topological polar surface area (TPSA) is 15.3 Å². The van der Waals surface area contributed by atoms with E-state index < -0.39 is 0 Å². The van der Waals surface area contributed by atoms with Crippen molar-refractivity contribution in [2.45, 2.75) is 51.1 Å². The van der Waals surface area contributed by atoms with E-state index in [2.05, 4.69) is 34.1 Å². The smallest absolute Gasteiger partial charge is 0.0213 e. The highest BCUT2D eigenvalue weighted by atomic mass is 32.1. The summed E-state index contributed by atoms with van der Waals surface area (Å²) in [6.45, 7) is 3.39. The van der Waals surface area contributed by atoms with Crippen molar-refractivity contribution in [2.75, 3.05) is 20.1 Å². The minimum absolute atomic E-state index is 0.857. The molecule has 0 aliphatic heterocycles. The van der Waals surface area contributed by atoms with Crippen molar-refractivity contribution in [1.82, 2.24) is 10.2 Å². The molecule has 0 radical (unpaired) electrons. The Morgan fingerprint density at radius 2 is 2.17 bits per heavy atom. The highest BCUT2D eigenvalue weighted by Gasteiger charge is 2.16. The second kappa shape index (κ2) is 7.93. The number of hydrogen-bond acceptors (Lipinski definition) is 3. The molecule has 1 fully saturated rings. The van der Waals surface area contributed by atoms with E-state index in [0.717, 1.165) is 19.1 Å². The molecule has 0 bridgehead atoms. The third-order valence-corrected chi connectivity index (χ3v) is 4.70. The SMILES string of the molecule is CN(CCCNCc1ccsc1)C1CCCCC1. The predicted molar refractivity (Wildman–Crippen MR) is 80.1 cm³/mol. The van der Waals surface area contributed by atoms with Crippen molar-refractivity contribution in [3.63, 3.8) is 0 Å². The van der Waals surface area contributed by atoms with Gasteiger partial charge in [0.2, 0.25) is 0 Å². The van der Waals surface area contributed by atoms with E-state index in [4.69, 9.17) is 0 Å². The molecular formula is C15H26N2S. The lowest BCUT2D eigenvalue weighted by Gasteiger charge is -2.31. The molecule has 1 aliphatic rings. The van der Waals surface area contributed by atoms with Crippen molar-refractivity contribution in [3.05, 3.63) is 22.4 Å². The molecule has 0 amide bonds. The summed E-state index contributed by atoms with van der Waals surface area (Å²) >= 11 is 1.78. The summed E-state index contributed by atoms with van der Waals surface area (Å²) in [4.78, 5) is 2.57. The lowest BCUT2D eigenvalue weighted by Crippen LogP contribution is -2.35. The lowest BCUT2D eigenvalue weighted by atomic mass is 9.94. The molecule has 2 rings (SSSR count). The minimum Gasteiger partial charge on any atom is -0.313 e. The van der Waals surface area contributed by atoms with Crippen LogP contribution in [0.1, 0.15) is 44.1 Å². The maximum absolute atomic E-state index is 3.53. The van der Waals surface area contributed by atoms with Crippen molar-refractivity contribution in [3.8, 4) is 0 Å². The van der Waals surface area contributed by atoms with Crippen molar-refractivity contribution in [1.29, 1.82) is 0 Å². The van der Waals surface area contributed by atoms with Crippen LogP contribution in [0.15, 0.2) is 16.8 Å². The van der Waals surface area contributed by atoms with Crippen LogP contribution < -0.4 is 5.32 Å². The molecule has 3 heteroatoms. The highest BCUT2D eigenvalue weighted by molar-refractivity contribution is 7.07. The average Bonchev–Trinajstić information content (AvgIpc) is 2.92. The molecule has 0 atom stereocenters. The van der Waals surface area contributed by atoms with Crippen LogP contribution in [0.3, 0.4) is 0 Å². The van der Waals surface area contributed by atoms with E-state index in [9.17, 15) is 0 Å². The van der Waals surface area contributed by atoms with E-state index in [-0.39, 0.29) is 0 Å². The summed E-state index contributed by atoms with van der Waals surface area (Å²) in [5, 5.41) is 7.90. The van der Waals surface area contributed by atoms with Gasteiger partial charge in [0.15, 0.2) is 0 Å². The number of nitrogens with zero attached hydrogens (tertiary/aromatic N) is 1. The Bertz CT molecular complexity index is 304. The van der Waals surface area contributed by atoms with Gasteiger partial charge in [0.25, 0.3) is 0 Å². The van der Waals surface area contributed by atoms with Crippen molar-refractivity contribution < 1.29 is 0 Å². The molecule has 0 aromatic carbocycles. The normalized spacial score (nSPS) is 17.4. The molecule has 18 heavy (non-hydrogen) atoms. The van der Waals surface area contributed by atoms with Gasteiger partial charge in [-0.1, -0.05) is 19.3 Å². The first-order valence-electron chi connectivity index (χ1n) is 7.28. The number of nitrogens with one attached hydrogen (secondary N) is 1. The zero-order chi connectivity index (χ0) is 12.6. The zero-order valence-electron chi connectivity index (χ0n) is 11.5. The molecule has 1 aromatic heterocycles. The van der Waals surface area contributed by atoms with E-state index in [1.54, 1.807) is 11.3 Å². The highest BCUT2D eigenvalue weighted by Crippen LogP contribution is 2.21. The summed E-state index contributed by atoms with van der Waals surface area (Å²) < 4.78 is 0. The molecule has 0 saturated heterocycles. The molecular weight excluding hydrogens is 240 g/mol. The average molecular weight is 266 g/mol. The van der Waals surface area contributed by atoms with E-state index in [0.29, 0.717) is 0 Å². The fourth-order valence-electron chi connectivity index (χ4n) is 2.78. The van der Waals surface area contributed by atoms with Crippen LogP contribution in [0.25, 0.3) is 0 Å². The number of rotatable bonds is 7. The Hall–Kier alpha value is -0.380. The molecule has 2 nitrogen and oxygen atoms in total. The van der Waals surface area contributed by atoms with Crippen molar-refractivity contribution >= 4 is 11.3 Å². The van der Waals surface area contributed by atoms with Crippen LogP contribution in [0, 0.1) is 0 Å². The number of hydrogen-bond donors (Lipinski definition) is 1. The minimum atomic E-state index is 0.857. The summed E-state index contributed by atoms with van der Waals surface area (Å²) in [6.07, 6.45) is 8.41. The number of thiophene rings is 1. The largest absolute Gasteiger partial charge is 0.313 e. The molecule has 102 valence electrons. The van der Waals surface area contributed by atoms with Crippen LogP contribution >= 0.6 is 11.3 Å². The molecule has 1 aromatic rings. The van der Waals surface area contributed by atoms with Gasteiger partial charge in [-0.25, -0.2) is 0 Å². The molecule has 0 unspecified atom stereocenters. The van der Waals surface area contributed by atoms with Gasteiger partial charge in [-0.3, -0.25) is 0 Å².